The number of esters is 1. The Morgan fingerprint density at radius 3 is 3.00 bits per heavy atom. The molecule has 1 saturated heterocycles. The van der Waals surface area contributed by atoms with E-state index in [1.54, 1.807) is 0 Å². The monoisotopic (exact) mass is 174 g/mol. The fraction of sp³-hybridized carbons (Fsp3) is 0.875. The van der Waals surface area contributed by atoms with E-state index in [4.69, 9.17) is 14.2 Å². The first kappa shape index (κ1) is 9.48. The average Bonchev–Trinajstić information content (AvgIpc) is 2.36. The molecule has 0 saturated carbocycles. The van der Waals surface area contributed by atoms with Gasteiger partial charge in [-0.15, -0.1) is 0 Å². The SMILES string of the molecule is CCO[C@H](C)OC1COC(=O)C1. The van der Waals surface area contributed by atoms with Gasteiger partial charge in [-0.1, -0.05) is 0 Å². The molecule has 0 amide bonds. The zero-order valence-electron chi connectivity index (χ0n) is 7.41. The molecular formula is C8H14O4. The van der Waals surface area contributed by atoms with Crippen molar-refractivity contribution in [1.82, 2.24) is 0 Å². The number of hydrogen-bond donors (Lipinski definition) is 0. The van der Waals surface area contributed by atoms with Crippen molar-refractivity contribution >= 4 is 5.97 Å². The number of cyclic esters (lactones) is 1. The quantitative estimate of drug-likeness (QED) is 0.465. The molecule has 70 valence electrons. The van der Waals surface area contributed by atoms with Gasteiger partial charge in [0.05, 0.1) is 6.42 Å². The molecule has 0 aromatic carbocycles. The van der Waals surface area contributed by atoms with Gasteiger partial charge in [0.25, 0.3) is 0 Å². The van der Waals surface area contributed by atoms with Crippen LogP contribution in [0.15, 0.2) is 0 Å². The second-order valence-corrected chi connectivity index (χ2v) is 2.67. The molecule has 1 heterocycles. The van der Waals surface area contributed by atoms with E-state index >= 15 is 0 Å². The van der Waals surface area contributed by atoms with Crippen LogP contribution in [0.1, 0.15) is 20.3 Å². The van der Waals surface area contributed by atoms with E-state index in [0.717, 1.165) is 0 Å². The van der Waals surface area contributed by atoms with Crippen molar-refractivity contribution in [3.63, 3.8) is 0 Å². The van der Waals surface area contributed by atoms with Gasteiger partial charge in [-0.2, -0.15) is 0 Å². The van der Waals surface area contributed by atoms with Gasteiger partial charge >= 0.3 is 5.97 Å². The molecule has 1 aliphatic heterocycles. The summed E-state index contributed by atoms with van der Waals surface area (Å²) in [6, 6.07) is 0. The van der Waals surface area contributed by atoms with Crippen molar-refractivity contribution in [2.75, 3.05) is 13.2 Å². The highest BCUT2D eigenvalue weighted by atomic mass is 16.7. The molecular weight excluding hydrogens is 160 g/mol. The number of rotatable bonds is 4. The molecule has 1 rings (SSSR count). The summed E-state index contributed by atoms with van der Waals surface area (Å²) >= 11 is 0. The molecule has 0 bridgehead atoms. The van der Waals surface area contributed by atoms with Gasteiger partial charge in [0.15, 0.2) is 6.29 Å². The molecule has 0 aromatic rings. The average molecular weight is 174 g/mol. The second kappa shape index (κ2) is 4.42. The van der Waals surface area contributed by atoms with Crippen LogP contribution in [0.4, 0.5) is 0 Å². The first-order valence-electron chi connectivity index (χ1n) is 4.15. The van der Waals surface area contributed by atoms with Crippen molar-refractivity contribution in [3.8, 4) is 0 Å². The van der Waals surface area contributed by atoms with Crippen LogP contribution >= 0.6 is 0 Å². The van der Waals surface area contributed by atoms with E-state index in [2.05, 4.69) is 0 Å². The number of carbonyl (C=O) groups excluding carboxylic acids is 1. The standard InChI is InChI=1S/C8H14O4/c1-3-10-6(2)12-7-4-8(9)11-5-7/h6-7H,3-5H2,1-2H3/t6-,7?/m0/s1. The predicted molar refractivity (Wildman–Crippen MR) is 41.5 cm³/mol. The Morgan fingerprint density at radius 2 is 2.50 bits per heavy atom. The molecule has 4 nitrogen and oxygen atoms in total. The lowest BCUT2D eigenvalue weighted by Crippen LogP contribution is -2.22. The minimum absolute atomic E-state index is 0.126. The lowest BCUT2D eigenvalue weighted by Gasteiger charge is -2.15. The largest absolute Gasteiger partial charge is 0.463 e. The fourth-order valence-electron chi connectivity index (χ4n) is 1.12. The van der Waals surface area contributed by atoms with E-state index in [-0.39, 0.29) is 18.4 Å². The number of ether oxygens (including phenoxy) is 3. The summed E-state index contributed by atoms with van der Waals surface area (Å²) in [5.41, 5.74) is 0. The first-order valence-corrected chi connectivity index (χ1v) is 4.15. The minimum atomic E-state index is -0.255. The molecule has 2 atom stereocenters. The van der Waals surface area contributed by atoms with E-state index in [1.807, 2.05) is 13.8 Å². The lowest BCUT2D eigenvalue weighted by molar-refractivity contribution is -0.156. The summed E-state index contributed by atoms with van der Waals surface area (Å²) in [7, 11) is 0. The van der Waals surface area contributed by atoms with Crippen LogP contribution in [-0.4, -0.2) is 31.6 Å². The topological polar surface area (TPSA) is 44.8 Å². The first-order chi connectivity index (χ1) is 5.72. The maximum absolute atomic E-state index is 10.6. The van der Waals surface area contributed by atoms with Gasteiger partial charge < -0.3 is 14.2 Å². The van der Waals surface area contributed by atoms with E-state index < -0.39 is 0 Å². The summed E-state index contributed by atoms with van der Waals surface area (Å²) in [6.07, 6.45) is -0.0363. The zero-order valence-corrected chi connectivity index (χ0v) is 7.41. The lowest BCUT2D eigenvalue weighted by atomic mass is 10.3. The van der Waals surface area contributed by atoms with Gasteiger partial charge in [-0.3, -0.25) is 4.79 Å². The Bertz CT molecular complexity index is 157. The van der Waals surface area contributed by atoms with Gasteiger partial charge in [0.2, 0.25) is 0 Å². The molecule has 12 heavy (non-hydrogen) atoms. The Labute approximate surface area is 71.8 Å². The zero-order chi connectivity index (χ0) is 8.97. The normalized spacial score (nSPS) is 25.5. The molecule has 0 N–H and O–H groups in total. The van der Waals surface area contributed by atoms with Crippen LogP contribution in [0, 0.1) is 0 Å². The number of hydrogen-bond acceptors (Lipinski definition) is 4. The Hall–Kier alpha value is -0.610. The highest BCUT2D eigenvalue weighted by molar-refractivity contribution is 5.71. The van der Waals surface area contributed by atoms with Crippen LogP contribution in [0.5, 0.6) is 0 Å². The molecule has 4 heteroatoms. The molecule has 1 unspecified atom stereocenters. The molecule has 0 aromatic heterocycles. The summed E-state index contributed by atoms with van der Waals surface area (Å²) in [4.78, 5) is 10.6. The Kier molecular flexibility index (Phi) is 3.49. The maximum Gasteiger partial charge on any atom is 0.308 e. The van der Waals surface area contributed by atoms with Crippen LogP contribution in [0.2, 0.25) is 0 Å². The summed E-state index contributed by atoms with van der Waals surface area (Å²) in [5, 5.41) is 0. The van der Waals surface area contributed by atoms with Crippen LogP contribution in [0.25, 0.3) is 0 Å². The third kappa shape index (κ3) is 2.79. The van der Waals surface area contributed by atoms with Crippen molar-refractivity contribution in [2.45, 2.75) is 32.7 Å². The van der Waals surface area contributed by atoms with E-state index in [9.17, 15) is 4.79 Å². The third-order valence-corrected chi connectivity index (χ3v) is 1.61. The van der Waals surface area contributed by atoms with Crippen LogP contribution in [0.3, 0.4) is 0 Å². The fourth-order valence-corrected chi connectivity index (χ4v) is 1.12. The third-order valence-electron chi connectivity index (χ3n) is 1.61. The van der Waals surface area contributed by atoms with Crippen molar-refractivity contribution in [1.29, 1.82) is 0 Å². The summed E-state index contributed by atoms with van der Waals surface area (Å²) < 4.78 is 15.2. The van der Waals surface area contributed by atoms with E-state index in [1.165, 1.54) is 0 Å². The van der Waals surface area contributed by atoms with Gasteiger partial charge in [-0.25, -0.2) is 0 Å². The van der Waals surface area contributed by atoms with Crippen LogP contribution in [-0.2, 0) is 19.0 Å². The van der Waals surface area contributed by atoms with Crippen molar-refractivity contribution in [3.05, 3.63) is 0 Å². The smallest absolute Gasteiger partial charge is 0.308 e. The molecule has 1 aliphatic rings. The minimum Gasteiger partial charge on any atom is -0.463 e. The van der Waals surface area contributed by atoms with Crippen molar-refractivity contribution < 1.29 is 19.0 Å². The highest BCUT2D eigenvalue weighted by Crippen LogP contribution is 2.12. The number of carbonyl (C=O) groups is 1. The van der Waals surface area contributed by atoms with Gasteiger partial charge in [0.1, 0.15) is 12.7 Å². The highest BCUT2D eigenvalue weighted by Gasteiger charge is 2.25. The van der Waals surface area contributed by atoms with Crippen LogP contribution < -0.4 is 0 Å². The van der Waals surface area contributed by atoms with E-state index in [0.29, 0.717) is 19.6 Å². The Balaban J connectivity index is 2.18. The maximum atomic E-state index is 10.6. The summed E-state index contributed by atoms with van der Waals surface area (Å²) in [6.45, 7) is 4.68. The molecule has 1 fully saturated rings. The Morgan fingerprint density at radius 1 is 1.75 bits per heavy atom. The predicted octanol–water partition coefficient (Wildman–Crippen LogP) is 0.701. The molecule has 0 spiro atoms. The molecule has 0 radical (unpaired) electrons. The van der Waals surface area contributed by atoms with Crippen molar-refractivity contribution in [2.24, 2.45) is 0 Å². The molecule has 0 aliphatic carbocycles. The van der Waals surface area contributed by atoms with Gasteiger partial charge in [-0.05, 0) is 13.8 Å². The summed E-state index contributed by atoms with van der Waals surface area (Å²) in [5.74, 6) is -0.191. The second-order valence-electron chi connectivity index (χ2n) is 2.67. The van der Waals surface area contributed by atoms with Gasteiger partial charge in [0, 0.05) is 6.61 Å².